The van der Waals surface area contributed by atoms with Crippen LogP contribution in [0.25, 0.3) is 11.0 Å². The van der Waals surface area contributed by atoms with Gasteiger partial charge in [0, 0.05) is 97.5 Å². The quantitative estimate of drug-likeness (QED) is 0.0171. The summed E-state index contributed by atoms with van der Waals surface area (Å²) in [7, 11) is 4.71. The minimum Gasteiger partial charge on any atom is -0.479 e. The number of benzene rings is 2. The summed E-state index contributed by atoms with van der Waals surface area (Å²) in [4.78, 5) is 161. The van der Waals surface area contributed by atoms with E-state index < -0.39 is 191 Å². The molecule has 4 aromatic rings. The molecule has 0 saturated carbocycles. The number of aromatic nitrogens is 2. The van der Waals surface area contributed by atoms with Gasteiger partial charge in [-0.05, 0) is 98.9 Å². The molecule has 6 rings (SSSR count). The molecular formula is C85H131N13O26S. The first kappa shape index (κ1) is 104. The minimum atomic E-state index is -4.73. The first-order valence-corrected chi connectivity index (χ1v) is 43.8. The molecule has 4 heterocycles. The van der Waals surface area contributed by atoms with Gasteiger partial charge in [-0.25, -0.2) is 19.6 Å². The van der Waals surface area contributed by atoms with E-state index in [1.807, 2.05) is 48.7 Å². The monoisotopic (exact) mass is 1780 g/mol. The van der Waals surface area contributed by atoms with E-state index in [2.05, 4.69) is 42.3 Å². The number of carbonyl (C=O) groups is 11. The van der Waals surface area contributed by atoms with Gasteiger partial charge in [-0.2, -0.15) is 8.42 Å². The fourth-order valence-corrected chi connectivity index (χ4v) is 15.9. The van der Waals surface area contributed by atoms with Crippen molar-refractivity contribution in [3.63, 3.8) is 0 Å². The Morgan fingerprint density at radius 1 is 0.720 bits per heavy atom. The van der Waals surface area contributed by atoms with Crippen LogP contribution in [0, 0.1) is 35.5 Å². The van der Waals surface area contributed by atoms with Gasteiger partial charge in [0.1, 0.15) is 72.0 Å². The van der Waals surface area contributed by atoms with Crippen molar-refractivity contribution in [3.8, 4) is 5.75 Å². The van der Waals surface area contributed by atoms with Crippen LogP contribution < -0.4 is 42.1 Å². The molecule has 13 N–H and O–H groups in total. The Balaban J connectivity index is 1.03. The van der Waals surface area contributed by atoms with Gasteiger partial charge in [0.05, 0.1) is 87.4 Å². The number of fused-ring (bicyclic) bond motifs is 1. The molecule has 39 nitrogen and oxygen atoms in total. The fraction of sp³-hybridized carbons (Fsp3) is 0.647. The minimum absolute atomic E-state index is 0.000519. The highest BCUT2D eigenvalue weighted by Crippen LogP contribution is 2.34. The van der Waals surface area contributed by atoms with Crippen LogP contribution in [-0.4, -0.2) is 306 Å². The number of carboxylic acid groups (broad SMARTS) is 1. The van der Waals surface area contributed by atoms with Gasteiger partial charge in [0.2, 0.25) is 53.5 Å². The number of rotatable bonds is 51. The lowest BCUT2D eigenvalue weighted by molar-refractivity contribution is -0.271. The van der Waals surface area contributed by atoms with Crippen molar-refractivity contribution in [2.75, 3.05) is 93.0 Å². The van der Waals surface area contributed by atoms with E-state index >= 15 is 0 Å². The molecule has 2 aliphatic rings. The third kappa shape index (κ3) is 30.1. The summed E-state index contributed by atoms with van der Waals surface area (Å²) in [6.45, 7) is 19.0. The molecule has 0 spiro atoms. The number of likely N-dealkylation sites (tertiary alicyclic amines) is 1. The Labute approximate surface area is 730 Å². The average Bonchev–Trinajstić information content (AvgIpc) is 1.78. The van der Waals surface area contributed by atoms with Crippen molar-refractivity contribution in [2.24, 2.45) is 35.5 Å². The van der Waals surface area contributed by atoms with E-state index in [-0.39, 0.29) is 106 Å². The summed E-state index contributed by atoms with van der Waals surface area (Å²) in [5, 5.41) is 71.7. The number of carbonyl (C=O) groups excluding carboxylic acids is 10. The summed E-state index contributed by atoms with van der Waals surface area (Å²) < 4.78 is 75.6. The van der Waals surface area contributed by atoms with Gasteiger partial charge in [-0.15, -0.1) is 0 Å². The molecule has 2 saturated heterocycles. The molecule has 2 aliphatic heterocycles. The van der Waals surface area contributed by atoms with Crippen molar-refractivity contribution in [1.29, 1.82) is 0 Å². The number of anilines is 1. The third-order valence-corrected chi connectivity index (χ3v) is 23.5. The van der Waals surface area contributed by atoms with E-state index in [0.717, 1.165) is 16.0 Å². The van der Waals surface area contributed by atoms with Crippen LogP contribution in [0.15, 0.2) is 72.9 Å². The second-order valence-corrected chi connectivity index (χ2v) is 34.5. The number of pyridine rings is 1. The molecular weight excluding hydrogens is 1650 g/mol. The maximum Gasteiger partial charge on any atom is 0.410 e. The van der Waals surface area contributed by atoms with E-state index in [0.29, 0.717) is 43.6 Å². The maximum atomic E-state index is 15.0. The lowest BCUT2D eigenvalue weighted by atomic mass is 9.89. The number of hydrogen-bond acceptors (Lipinski definition) is 27. The first-order valence-electron chi connectivity index (χ1n) is 42.2. The molecule has 0 unspecified atom stereocenters. The molecule has 0 radical (unpaired) electrons. The van der Waals surface area contributed by atoms with Crippen molar-refractivity contribution in [3.05, 3.63) is 89.7 Å². The molecule has 9 amide bonds. The molecule has 2 aromatic carbocycles. The van der Waals surface area contributed by atoms with Crippen LogP contribution >= 0.6 is 0 Å². The molecule has 0 bridgehead atoms. The maximum absolute atomic E-state index is 15.0. The normalized spacial score (nSPS) is 19.6. The summed E-state index contributed by atoms with van der Waals surface area (Å²) >= 11 is 0. The number of aliphatic hydroxyl groups excluding tert-OH is 4. The number of ether oxygens (including phenoxy) is 7. The van der Waals surface area contributed by atoms with Crippen molar-refractivity contribution >= 4 is 91.9 Å². The summed E-state index contributed by atoms with van der Waals surface area (Å²) in [6.07, 6.45) is -11.4. The zero-order valence-electron chi connectivity index (χ0n) is 74.5. The summed E-state index contributed by atoms with van der Waals surface area (Å²) in [5.41, 5.74) is 5.05. The number of methoxy groups -OCH3 is 2. The van der Waals surface area contributed by atoms with Gasteiger partial charge in [-0.3, -0.25) is 58.0 Å². The summed E-state index contributed by atoms with van der Waals surface area (Å²) in [6, 6.07) is 11.2. The zero-order valence-corrected chi connectivity index (χ0v) is 75.3. The number of aliphatic hydroxyl groups is 4. The lowest BCUT2D eigenvalue weighted by Gasteiger charge is -2.41. The number of hydrogen-bond donors (Lipinski definition) is 13. The van der Waals surface area contributed by atoms with Crippen molar-refractivity contribution < 1.29 is 124 Å². The largest absolute Gasteiger partial charge is 0.479 e. The highest BCUT2D eigenvalue weighted by Gasteiger charge is 2.49. The second kappa shape index (κ2) is 49.6. The van der Waals surface area contributed by atoms with Crippen LogP contribution in [0.1, 0.15) is 144 Å². The van der Waals surface area contributed by atoms with Crippen LogP contribution in [0.5, 0.6) is 5.75 Å². The number of nitrogens with zero attached hydrogens (tertiary/aromatic N) is 6. The fourth-order valence-electron chi connectivity index (χ4n) is 15.3. The predicted molar refractivity (Wildman–Crippen MR) is 457 cm³/mol. The third-order valence-electron chi connectivity index (χ3n) is 22.7. The summed E-state index contributed by atoms with van der Waals surface area (Å²) in [5.74, 6) is -12.0. The number of aliphatic carboxylic acids is 1. The Kier molecular flexibility index (Phi) is 41.4. The van der Waals surface area contributed by atoms with E-state index in [1.165, 1.54) is 51.3 Å². The van der Waals surface area contributed by atoms with Crippen LogP contribution in [0.4, 0.5) is 10.5 Å². The van der Waals surface area contributed by atoms with Crippen LogP contribution in [-0.2, 0) is 106 Å². The number of Topliss-reactive ketones (excluding diaryl/α,β-unsaturated/α-hetero) is 1. The second-order valence-electron chi connectivity index (χ2n) is 33.0. The number of amides is 9. The van der Waals surface area contributed by atoms with Gasteiger partial charge >= 0.3 is 12.1 Å². The Hall–Kier alpha value is -9.43. The Bertz CT molecular complexity index is 4350. The van der Waals surface area contributed by atoms with Gasteiger partial charge < -0.3 is 105 Å². The highest BCUT2D eigenvalue weighted by atomic mass is 32.2. The number of hydrazine groups is 1. The molecule has 125 heavy (non-hydrogen) atoms. The van der Waals surface area contributed by atoms with Crippen molar-refractivity contribution in [1.82, 2.24) is 61.3 Å². The number of carboxylic acids is 1. The number of likely N-dealkylation sites (N-methyl/N-ethyl adjacent to an activating group) is 2. The van der Waals surface area contributed by atoms with Crippen molar-refractivity contribution in [2.45, 2.75) is 232 Å². The molecule has 2 fully saturated rings. The standard InChI is InChI=1S/C85H131N13O26S/c1-18-50(8)69(64(118-16)43-66(101)98-34-23-27-62(98)74(119-17)51(9)77(106)89-52(10)70(102)55-24-20-19-21-25-55)95(14)82(111)67(48(4)5)93-81(110)68(49(6)7)96(15)85(114)122-45-54-28-29-60(63(40-54)123-84-73(105)71(103)72(104)75(124-84)83(112)113)92-78(107)53(11)90-79(108)59(47(2)3)42-58(99)31-36-120-38-39-121-37-33-88-80(109)61(46-125(115,116)117)91-65(100)30-35-97-57(44-94(13)86-12)41-56-26-22-32-87-76(56)97/h19-22,24-26,28-29,32,40-41,47-53,59,61-62,64,67-75,84,86,102-105H,18,23,27,30-31,33-39,42-46H2,1-17H3,(H,88,109)(H,89,106)(H,90,108)(H,91,100)(H,92,107)(H,93,110)(H,112,113)(H,115,116,117)/t50-,51+,52+,53-,59-,61-,62-,64+,67-,68-,69-,70+,71-,72-,73+,74+,75-,84+/m0/s1. The first-order chi connectivity index (χ1) is 59.0. The molecule has 698 valence electrons. The van der Waals surface area contributed by atoms with Gasteiger partial charge in [-0.1, -0.05) is 105 Å². The Morgan fingerprint density at radius 2 is 1.40 bits per heavy atom. The van der Waals surface area contributed by atoms with E-state index in [4.69, 9.17) is 33.2 Å². The average molecular weight is 1780 g/mol. The lowest BCUT2D eigenvalue weighted by Crippen LogP contribution is -2.61. The molecule has 18 atom stereocenters. The molecule has 0 aliphatic carbocycles. The van der Waals surface area contributed by atoms with Crippen LogP contribution in [0.3, 0.4) is 0 Å². The number of ketones is 1. The predicted octanol–water partition coefficient (Wildman–Crippen LogP) is 2.44. The van der Waals surface area contributed by atoms with Gasteiger partial charge in [0.25, 0.3) is 10.1 Å². The van der Waals surface area contributed by atoms with Crippen LogP contribution in [0.2, 0.25) is 0 Å². The van der Waals surface area contributed by atoms with E-state index in [9.17, 15) is 91.2 Å². The van der Waals surface area contributed by atoms with Gasteiger partial charge in [0.15, 0.2) is 6.10 Å². The zero-order chi connectivity index (χ0) is 93.0. The van der Waals surface area contributed by atoms with E-state index in [1.54, 1.807) is 111 Å². The SMILES string of the molecule is CC[C@H](C)[C@@H]([C@@H](CC(=O)N1CCC[C@H]1[C@H](OC)[C@@H](C)C(=O)N[C@H](C)[C@@H](O)c1ccccc1)OC)N(C)C(=O)[C@@H](NC(=O)[C@H](C(C)C)N(C)C(=O)OCc1ccc(NC(=O)[C@H](C)NC(=O)[C@@H](CC(=O)CCOCCOCCNC(=O)[C@H](CS(=O)(=O)O)NC(=O)CCn2c(CN(C)NC)cc3cccnc32)C(C)C)c(O[C@@H]2O[C@H](C(=O)O)[C@@H](O)[C@H](O)[C@H]2O)c1)C(C)C. The number of nitrogens with one attached hydrogen (secondary N) is 7. The highest BCUT2D eigenvalue weighted by molar-refractivity contribution is 7.85. The smallest absolute Gasteiger partial charge is 0.410 e. The number of aryl methyl sites for hydroxylation is 1. The molecule has 40 heteroatoms. The topological polar surface area (TPSA) is 523 Å². The molecule has 2 aromatic heterocycles. The Morgan fingerprint density at radius 3 is 2.02 bits per heavy atom.